The Balaban J connectivity index is 2.26. The summed E-state index contributed by atoms with van der Waals surface area (Å²) in [4.78, 5) is 16.4. The van der Waals surface area contributed by atoms with E-state index in [1.54, 1.807) is 13.2 Å². The van der Waals surface area contributed by atoms with E-state index in [-0.39, 0.29) is 5.91 Å². The summed E-state index contributed by atoms with van der Waals surface area (Å²) < 4.78 is 5.35. The second-order valence-corrected chi connectivity index (χ2v) is 6.19. The molecule has 3 N–H and O–H groups in total. The highest BCUT2D eigenvalue weighted by atomic mass is 16.5. The maximum Gasteiger partial charge on any atom is 0.224 e. The lowest BCUT2D eigenvalue weighted by Crippen LogP contribution is -2.42. The number of rotatable bonds is 5. The molecule has 1 aromatic rings. The predicted molar refractivity (Wildman–Crippen MR) is 95.2 cm³/mol. The maximum absolute atomic E-state index is 11.8. The highest BCUT2D eigenvalue weighted by Gasteiger charge is 2.23. The van der Waals surface area contributed by atoms with Crippen molar-refractivity contribution in [3.05, 3.63) is 12.1 Å². The molecule has 6 heteroatoms. The van der Waals surface area contributed by atoms with Gasteiger partial charge in [-0.2, -0.15) is 0 Å². The summed E-state index contributed by atoms with van der Waals surface area (Å²) in [7, 11) is 5.86. The molecule has 0 radical (unpaired) electrons. The second kappa shape index (κ2) is 7.55. The molecule has 0 aliphatic carbocycles. The Morgan fingerprint density at radius 2 is 2.04 bits per heavy atom. The first-order valence-corrected chi connectivity index (χ1v) is 8.15. The number of nitrogens with zero attached hydrogens (tertiary/aromatic N) is 2. The Kier molecular flexibility index (Phi) is 5.71. The second-order valence-electron chi connectivity index (χ2n) is 6.19. The molecule has 1 aromatic carbocycles. The molecular formula is C17H28N4O2. The van der Waals surface area contributed by atoms with Crippen LogP contribution in [0.15, 0.2) is 12.1 Å². The summed E-state index contributed by atoms with van der Waals surface area (Å²) in [6.07, 6.45) is 2.63. The summed E-state index contributed by atoms with van der Waals surface area (Å²) in [5.41, 5.74) is 8.28. The number of anilines is 3. The number of hydrogen-bond acceptors (Lipinski definition) is 5. The van der Waals surface area contributed by atoms with Gasteiger partial charge in [0, 0.05) is 31.6 Å². The number of carbonyl (C=O) groups is 1. The lowest BCUT2D eigenvalue weighted by Gasteiger charge is -2.37. The average molecular weight is 320 g/mol. The monoisotopic (exact) mass is 320 g/mol. The van der Waals surface area contributed by atoms with Crippen molar-refractivity contribution in [2.45, 2.75) is 32.2 Å². The van der Waals surface area contributed by atoms with E-state index in [2.05, 4.69) is 29.2 Å². The number of benzene rings is 1. The number of amides is 1. The number of hydrogen-bond donors (Lipinski definition) is 2. The zero-order valence-corrected chi connectivity index (χ0v) is 14.6. The molecule has 1 fully saturated rings. The van der Waals surface area contributed by atoms with Crippen molar-refractivity contribution in [1.29, 1.82) is 0 Å². The van der Waals surface area contributed by atoms with Gasteiger partial charge in [0.1, 0.15) is 5.75 Å². The molecule has 23 heavy (non-hydrogen) atoms. The van der Waals surface area contributed by atoms with E-state index in [0.717, 1.165) is 37.3 Å². The van der Waals surface area contributed by atoms with Gasteiger partial charge in [-0.15, -0.1) is 0 Å². The van der Waals surface area contributed by atoms with Crippen LogP contribution < -0.4 is 20.7 Å². The zero-order chi connectivity index (χ0) is 17.0. The van der Waals surface area contributed by atoms with Crippen LogP contribution in [0, 0.1) is 0 Å². The minimum absolute atomic E-state index is 0.0148. The number of methoxy groups -OCH3 is 1. The Morgan fingerprint density at radius 1 is 1.39 bits per heavy atom. The molecule has 0 saturated carbocycles. The summed E-state index contributed by atoms with van der Waals surface area (Å²) >= 11 is 0. The SMILES string of the molecule is CCC(=O)Nc1cc(N)c(OC)cc1N1CCC(N(C)C)CC1. The Labute approximate surface area is 138 Å². The fourth-order valence-electron chi connectivity index (χ4n) is 2.99. The quantitative estimate of drug-likeness (QED) is 0.814. The van der Waals surface area contributed by atoms with Gasteiger partial charge in [0.15, 0.2) is 0 Å². The molecule has 0 aromatic heterocycles. The standard InChI is InChI=1S/C17H28N4O2/c1-5-17(22)19-14-10-13(18)16(23-4)11-15(14)21-8-6-12(7-9-21)20(2)3/h10-12H,5-9,18H2,1-4H3,(H,19,22). The first-order chi connectivity index (χ1) is 11.0. The van der Waals surface area contributed by atoms with Crippen LogP contribution in [0.3, 0.4) is 0 Å². The summed E-state index contributed by atoms with van der Waals surface area (Å²) in [5.74, 6) is 0.628. The summed E-state index contributed by atoms with van der Waals surface area (Å²) in [6, 6.07) is 4.33. The Bertz CT molecular complexity index is 552. The Morgan fingerprint density at radius 3 is 2.57 bits per heavy atom. The third-order valence-corrected chi connectivity index (χ3v) is 4.48. The molecule has 0 unspecified atom stereocenters. The van der Waals surface area contributed by atoms with Crippen LogP contribution in [-0.4, -0.2) is 51.1 Å². The van der Waals surface area contributed by atoms with Gasteiger partial charge in [-0.3, -0.25) is 4.79 Å². The number of nitrogens with two attached hydrogens (primary N) is 1. The minimum atomic E-state index is -0.0148. The predicted octanol–water partition coefficient (Wildman–Crippen LogP) is 2.16. The van der Waals surface area contributed by atoms with E-state index in [4.69, 9.17) is 10.5 Å². The number of ether oxygens (including phenoxy) is 1. The van der Waals surface area contributed by atoms with Gasteiger partial charge in [-0.05, 0) is 33.0 Å². The third-order valence-electron chi connectivity index (χ3n) is 4.48. The first-order valence-electron chi connectivity index (χ1n) is 8.15. The van der Waals surface area contributed by atoms with Crippen LogP contribution in [0.4, 0.5) is 17.1 Å². The highest BCUT2D eigenvalue weighted by Crippen LogP contribution is 2.37. The van der Waals surface area contributed by atoms with E-state index in [9.17, 15) is 4.79 Å². The van der Waals surface area contributed by atoms with Crippen LogP contribution >= 0.6 is 0 Å². The number of nitrogens with one attached hydrogen (secondary N) is 1. The molecule has 0 bridgehead atoms. The maximum atomic E-state index is 11.8. The zero-order valence-electron chi connectivity index (χ0n) is 14.6. The fraction of sp³-hybridized carbons (Fsp3) is 0.588. The van der Waals surface area contributed by atoms with Crippen LogP contribution in [0.5, 0.6) is 5.75 Å². The van der Waals surface area contributed by atoms with E-state index in [1.807, 2.05) is 13.0 Å². The van der Waals surface area contributed by atoms with Crippen molar-refractivity contribution in [3.63, 3.8) is 0 Å². The topological polar surface area (TPSA) is 70.8 Å². The van der Waals surface area contributed by atoms with Gasteiger partial charge < -0.3 is 25.6 Å². The average Bonchev–Trinajstić information content (AvgIpc) is 2.55. The van der Waals surface area contributed by atoms with Crippen molar-refractivity contribution >= 4 is 23.0 Å². The van der Waals surface area contributed by atoms with Gasteiger partial charge >= 0.3 is 0 Å². The number of piperidine rings is 1. The summed E-state index contributed by atoms with van der Waals surface area (Å²) in [5, 5.41) is 2.96. The van der Waals surface area contributed by atoms with Gasteiger partial charge in [0.2, 0.25) is 5.91 Å². The Hall–Kier alpha value is -1.95. The smallest absolute Gasteiger partial charge is 0.224 e. The molecule has 1 saturated heterocycles. The molecule has 0 spiro atoms. The largest absolute Gasteiger partial charge is 0.495 e. The first kappa shape index (κ1) is 17.4. The van der Waals surface area contributed by atoms with E-state index >= 15 is 0 Å². The van der Waals surface area contributed by atoms with Crippen LogP contribution in [0.2, 0.25) is 0 Å². The van der Waals surface area contributed by atoms with Crippen molar-refractivity contribution < 1.29 is 9.53 Å². The molecule has 1 amide bonds. The van der Waals surface area contributed by atoms with Crippen LogP contribution in [-0.2, 0) is 4.79 Å². The summed E-state index contributed by atoms with van der Waals surface area (Å²) in [6.45, 7) is 3.74. The lowest BCUT2D eigenvalue weighted by molar-refractivity contribution is -0.115. The van der Waals surface area contributed by atoms with Crippen molar-refractivity contribution in [1.82, 2.24) is 4.90 Å². The number of nitrogen functional groups attached to an aromatic ring is 1. The van der Waals surface area contributed by atoms with Crippen LogP contribution in [0.1, 0.15) is 26.2 Å². The van der Waals surface area contributed by atoms with Gasteiger partial charge in [0.05, 0.1) is 24.2 Å². The molecule has 1 aliphatic heterocycles. The van der Waals surface area contributed by atoms with Crippen molar-refractivity contribution in [2.24, 2.45) is 0 Å². The molecule has 1 heterocycles. The number of carbonyl (C=O) groups excluding carboxylic acids is 1. The molecule has 6 nitrogen and oxygen atoms in total. The minimum Gasteiger partial charge on any atom is -0.495 e. The van der Waals surface area contributed by atoms with Gasteiger partial charge in [-0.1, -0.05) is 6.92 Å². The molecule has 2 rings (SSSR count). The van der Waals surface area contributed by atoms with E-state index in [1.165, 1.54) is 0 Å². The lowest BCUT2D eigenvalue weighted by atomic mass is 10.0. The van der Waals surface area contributed by atoms with Crippen LogP contribution in [0.25, 0.3) is 0 Å². The molecular weight excluding hydrogens is 292 g/mol. The van der Waals surface area contributed by atoms with Gasteiger partial charge in [0.25, 0.3) is 0 Å². The fourth-order valence-corrected chi connectivity index (χ4v) is 2.99. The van der Waals surface area contributed by atoms with Crippen molar-refractivity contribution in [3.8, 4) is 5.75 Å². The van der Waals surface area contributed by atoms with Gasteiger partial charge in [-0.25, -0.2) is 0 Å². The molecule has 1 aliphatic rings. The van der Waals surface area contributed by atoms with Crippen molar-refractivity contribution in [2.75, 3.05) is 50.2 Å². The highest BCUT2D eigenvalue weighted by molar-refractivity contribution is 5.95. The van der Waals surface area contributed by atoms with E-state index in [0.29, 0.717) is 23.9 Å². The third kappa shape index (κ3) is 4.07. The normalized spacial score (nSPS) is 15.8. The molecule has 128 valence electrons. The van der Waals surface area contributed by atoms with E-state index < -0.39 is 0 Å². The molecule has 0 atom stereocenters.